The number of hydrogen-bond acceptors (Lipinski definition) is 10. The van der Waals surface area contributed by atoms with Crippen molar-refractivity contribution in [3.63, 3.8) is 0 Å². The van der Waals surface area contributed by atoms with E-state index in [9.17, 15) is 43.8 Å². The third kappa shape index (κ3) is 12.1. The second-order valence-electron chi connectivity index (χ2n) is 18.3. The van der Waals surface area contributed by atoms with Gasteiger partial charge in [0.25, 0.3) is 11.8 Å². The van der Waals surface area contributed by atoms with Crippen LogP contribution in [0.2, 0.25) is 0 Å². The quantitative estimate of drug-likeness (QED) is 0.0595. The molecule has 7 rings (SSSR count). The minimum atomic E-state index is -1.36. The molecule has 352 valence electrons. The van der Waals surface area contributed by atoms with Gasteiger partial charge < -0.3 is 41.5 Å². The van der Waals surface area contributed by atoms with E-state index >= 15 is 0 Å². The molecule has 18 nitrogen and oxygen atoms in total. The van der Waals surface area contributed by atoms with E-state index in [4.69, 9.17) is 10.8 Å². The standard InChI is InChI=1S/C41H54N8O8.C7H6O2/c1-41(2,57)34-22-43-46-49(34)30-21-33(38(53)44-31(35(50)36(42)51)10-6-7-17-47(3)40(55)56)48(23-30)39(54)32(16-15-28-19-24-11-12-27(28)18-24)45-37(52)29-14-13-25-8-4-5-9-26(25)20-29;8-7(9)6-4-2-1-3-5-6/h4-5,8-9,13-14,20,22,24,27-28,30-33,57H,6-7,10-12,15-19,21,23H2,1-3H3,(H2,42,51)(H,44,53)(H,45,52)(H,55,56);1-5H,(H,8,9)/t24-,27+,28?,30+,31?,32?,33+;/m1./s1. The van der Waals surface area contributed by atoms with Crippen LogP contribution in [0.3, 0.4) is 0 Å². The van der Waals surface area contributed by atoms with Crippen molar-refractivity contribution in [2.75, 3.05) is 20.1 Å². The van der Waals surface area contributed by atoms with E-state index in [1.165, 1.54) is 35.7 Å². The summed E-state index contributed by atoms with van der Waals surface area (Å²) < 4.78 is 1.50. The van der Waals surface area contributed by atoms with Gasteiger partial charge >= 0.3 is 12.1 Å². The van der Waals surface area contributed by atoms with Crippen LogP contribution in [0.5, 0.6) is 0 Å². The Morgan fingerprint density at radius 2 is 1.56 bits per heavy atom. The summed E-state index contributed by atoms with van der Waals surface area (Å²) in [7, 11) is 1.41. The highest BCUT2D eigenvalue weighted by Crippen LogP contribution is 2.50. The number of ketones is 1. The van der Waals surface area contributed by atoms with Crippen LogP contribution in [0, 0.1) is 17.8 Å². The maximum atomic E-state index is 14.9. The molecule has 0 spiro atoms. The maximum absolute atomic E-state index is 14.9. The lowest BCUT2D eigenvalue weighted by Crippen LogP contribution is -2.56. The lowest BCUT2D eigenvalue weighted by atomic mass is 9.84. The van der Waals surface area contributed by atoms with Crippen LogP contribution in [0.25, 0.3) is 10.8 Å². The first-order valence-electron chi connectivity index (χ1n) is 22.5. The summed E-state index contributed by atoms with van der Waals surface area (Å²) in [5, 5.41) is 44.2. The number of aromatic carboxylic acids is 1. The van der Waals surface area contributed by atoms with Gasteiger partial charge in [-0.1, -0.05) is 60.2 Å². The number of carboxylic acid groups (broad SMARTS) is 2. The molecule has 7 N–H and O–H groups in total. The van der Waals surface area contributed by atoms with Crippen molar-refractivity contribution in [3.05, 3.63) is 95.8 Å². The molecule has 2 saturated carbocycles. The molecule has 1 aliphatic heterocycles. The van der Waals surface area contributed by atoms with Crippen molar-refractivity contribution in [1.82, 2.24) is 35.4 Å². The largest absolute Gasteiger partial charge is 0.478 e. The highest BCUT2D eigenvalue weighted by Gasteiger charge is 2.46. The number of aliphatic hydroxyl groups is 1. The number of nitrogens with one attached hydrogen (secondary N) is 2. The number of likely N-dealkylation sites (tertiary alicyclic amines) is 1. The van der Waals surface area contributed by atoms with E-state index in [1.54, 1.807) is 56.3 Å². The Bertz CT molecular complexity index is 2400. The van der Waals surface area contributed by atoms with Gasteiger partial charge in [-0.25, -0.2) is 14.3 Å². The van der Waals surface area contributed by atoms with E-state index in [2.05, 4.69) is 20.9 Å². The Hall–Kier alpha value is -6.69. The zero-order valence-corrected chi connectivity index (χ0v) is 37.5. The van der Waals surface area contributed by atoms with Gasteiger partial charge in [0.15, 0.2) is 0 Å². The highest BCUT2D eigenvalue weighted by atomic mass is 16.4. The molecule has 2 aliphatic carbocycles. The highest BCUT2D eigenvalue weighted by molar-refractivity contribution is 6.37. The first kappa shape index (κ1) is 48.8. The third-order valence-electron chi connectivity index (χ3n) is 13.2. The van der Waals surface area contributed by atoms with Crippen molar-refractivity contribution < 1.29 is 48.9 Å². The molecule has 3 aliphatic rings. The third-order valence-corrected chi connectivity index (χ3v) is 13.2. The maximum Gasteiger partial charge on any atom is 0.407 e. The topological polar surface area (TPSA) is 267 Å². The Labute approximate surface area is 382 Å². The average molecular weight is 909 g/mol. The van der Waals surface area contributed by atoms with Gasteiger partial charge in [-0.2, -0.15) is 0 Å². The molecule has 1 saturated heterocycles. The molecular weight excluding hydrogens is 849 g/mol. The van der Waals surface area contributed by atoms with E-state index in [-0.39, 0.29) is 32.4 Å². The second-order valence-corrected chi connectivity index (χ2v) is 18.3. The van der Waals surface area contributed by atoms with Crippen LogP contribution in [-0.2, 0) is 24.8 Å². The van der Waals surface area contributed by atoms with Gasteiger partial charge in [-0.3, -0.25) is 24.0 Å². The number of fused-ring (bicyclic) bond motifs is 3. The number of aromatic nitrogens is 3. The summed E-state index contributed by atoms with van der Waals surface area (Å²) >= 11 is 0. The lowest BCUT2D eigenvalue weighted by molar-refractivity contribution is -0.142. The molecule has 5 amide bonds. The number of nitrogens with zero attached hydrogens (tertiary/aromatic N) is 5. The van der Waals surface area contributed by atoms with Gasteiger partial charge in [0.05, 0.1) is 29.5 Å². The first-order chi connectivity index (χ1) is 31.4. The van der Waals surface area contributed by atoms with Gasteiger partial charge in [0.2, 0.25) is 17.6 Å². The molecule has 3 unspecified atom stereocenters. The van der Waals surface area contributed by atoms with Crippen molar-refractivity contribution >= 4 is 52.2 Å². The predicted octanol–water partition coefficient (Wildman–Crippen LogP) is 4.52. The van der Waals surface area contributed by atoms with Crippen LogP contribution >= 0.6 is 0 Å². The van der Waals surface area contributed by atoms with Gasteiger partial charge in [0.1, 0.15) is 17.7 Å². The van der Waals surface area contributed by atoms with Gasteiger partial charge in [-0.15, -0.1) is 5.10 Å². The number of primary amides is 1. The fraction of sp³-hybridized carbons (Fsp3) is 0.479. The smallest absolute Gasteiger partial charge is 0.407 e. The summed E-state index contributed by atoms with van der Waals surface area (Å²) in [5.41, 5.74) is 5.11. The summed E-state index contributed by atoms with van der Waals surface area (Å²) in [4.78, 5) is 92.1. The minimum absolute atomic E-state index is 0.00494. The summed E-state index contributed by atoms with van der Waals surface area (Å²) in [6.45, 7) is 3.30. The van der Waals surface area contributed by atoms with Crippen LogP contribution in [0.1, 0.15) is 111 Å². The van der Waals surface area contributed by atoms with E-state index in [0.29, 0.717) is 47.4 Å². The molecule has 2 bridgehead atoms. The molecule has 3 aromatic carbocycles. The molecular formula is C48H60N8O10. The number of carbonyl (C=O) groups is 7. The fourth-order valence-electron chi connectivity index (χ4n) is 9.66. The molecule has 18 heteroatoms. The lowest BCUT2D eigenvalue weighted by Gasteiger charge is -2.31. The zero-order chi connectivity index (χ0) is 47.7. The minimum Gasteiger partial charge on any atom is -0.478 e. The summed E-state index contributed by atoms with van der Waals surface area (Å²) in [6.07, 6.45) is 6.73. The Morgan fingerprint density at radius 3 is 2.18 bits per heavy atom. The number of nitrogens with two attached hydrogens (primary N) is 1. The number of unbranched alkanes of at least 4 members (excludes halogenated alkanes) is 1. The first-order valence-corrected chi connectivity index (χ1v) is 22.5. The predicted molar refractivity (Wildman–Crippen MR) is 242 cm³/mol. The molecule has 1 aromatic heterocycles. The number of rotatable bonds is 18. The van der Waals surface area contributed by atoms with Crippen LogP contribution in [0.4, 0.5) is 4.79 Å². The Morgan fingerprint density at radius 1 is 0.848 bits per heavy atom. The molecule has 3 fully saturated rings. The van der Waals surface area contributed by atoms with Crippen molar-refractivity contribution in [3.8, 4) is 0 Å². The van der Waals surface area contributed by atoms with Crippen molar-refractivity contribution in [2.24, 2.45) is 23.5 Å². The number of carbonyl (C=O) groups excluding carboxylic acids is 5. The SMILES string of the molecule is CN(CCCCC(NC(=O)[C@@H]1C[C@H](n2nncc2C(C)(C)O)CN1C(=O)C(CCC1C[C@@H]2CC[C@H]1C2)NC(=O)c1ccc2ccccc2c1)C(=O)C(N)=O)C(=O)O.O=C(O)c1ccccc1. The van der Waals surface area contributed by atoms with Gasteiger partial charge in [0, 0.05) is 32.1 Å². The number of carboxylic acids is 1. The van der Waals surface area contributed by atoms with E-state index < -0.39 is 71.2 Å². The number of benzene rings is 3. The van der Waals surface area contributed by atoms with Crippen LogP contribution in [0.15, 0.2) is 79.0 Å². The summed E-state index contributed by atoms with van der Waals surface area (Å²) in [6, 6.07) is 17.2. The van der Waals surface area contributed by atoms with Crippen molar-refractivity contribution in [2.45, 2.75) is 108 Å². The monoisotopic (exact) mass is 908 g/mol. The Balaban J connectivity index is 0.000000715. The number of amides is 5. The van der Waals surface area contributed by atoms with Crippen LogP contribution < -0.4 is 16.4 Å². The van der Waals surface area contributed by atoms with Crippen molar-refractivity contribution in [1.29, 1.82) is 0 Å². The number of Topliss-reactive ketones (excluding diaryl/α,β-unsaturated/α-hetero) is 1. The average Bonchev–Trinajstić information content (AvgIpc) is 4.14. The fourth-order valence-corrected chi connectivity index (χ4v) is 9.66. The second kappa shape index (κ2) is 21.5. The molecule has 2 heterocycles. The molecule has 7 atom stereocenters. The number of hydrogen-bond donors (Lipinski definition) is 6. The molecule has 66 heavy (non-hydrogen) atoms. The van der Waals surface area contributed by atoms with E-state index in [0.717, 1.165) is 34.9 Å². The normalized spacial score (nSPS) is 20.7. The van der Waals surface area contributed by atoms with Gasteiger partial charge in [-0.05, 0) is 118 Å². The Kier molecular flexibility index (Phi) is 15.9. The molecule has 0 radical (unpaired) electrons. The molecule has 4 aromatic rings. The van der Waals surface area contributed by atoms with Crippen LogP contribution in [-0.4, -0.2) is 120 Å². The zero-order valence-electron chi connectivity index (χ0n) is 37.5. The summed E-state index contributed by atoms with van der Waals surface area (Å²) in [5.74, 6) is -3.03. The van der Waals surface area contributed by atoms with E-state index in [1.807, 2.05) is 30.3 Å².